The van der Waals surface area contributed by atoms with E-state index in [1.807, 2.05) is 0 Å². The Morgan fingerprint density at radius 2 is 2.14 bits per heavy atom. The van der Waals surface area contributed by atoms with Crippen LogP contribution >= 0.6 is 0 Å². The smallest absolute Gasteiger partial charge is 0.293 e. The first-order valence-corrected chi connectivity index (χ1v) is 7.30. The maximum absolute atomic E-state index is 12.5. The molecule has 1 aliphatic carbocycles. The van der Waals surface area contributed by atoms with Gasteiger partial charge in [-0.2, -0.15) is 4.98 Å². The molecule has 110 valence electrons. The lowest BCUT2D eigenvalue weighted by atomic mass is 10.2. The Bertz CT molecular complexity index is 673. The Morgan fingerprint density at radius 3 is 2.86 bits per heavy atom. The summed E-state index contributed by atoms with van der Waals surface area (Å²) in [6.07, 6.45) is 4.01. The van der Waals surface area contributed by atoms with Crippen LogP contribution in [0.1, 0.15) is 65.6 Å². The molecule has 3 heterocycles. The van der Waals surface area contributed by atoms with Gasteiger partial charge in [0.1, 0.15) is 0 Å². The van der Waals surface area contributed by atoms with Crippen LogP contribution in [0.4, 0.5) is 0 Å². The summed E-state index contributed by atoms with van der Waals surface area (Å²) in [6, 6.07) is 1.53. The van der Waals surface area contributed by atoms with Gasteiger partial charge < -0.3 is 13.9 Å². The van der Waals surface area contributed by atoms with Gasteiger partial charge in [-0.3, -0.25) is 4.79 Å². The highest BCUT2D eigenvalue weighted by Crippen LogP contribution is 2.40. The second-order valence-electron chi connectivity index (χ2n) is 5.75. The van der Waals surface area contributed by atoms with Crippen LogP contribution in [0.2, 0.25) is 0 Å². The van der Waals surface area contributed by atoms with Gasteiger partial charge in [0.25, 0.3) is 5.91 Å². The van der Waals surface area contributed by atoms with Crippen molar-refractivity contribution in [3.05, 3.63) is 29.2 Å². The molecular formula is C14H16N4O3. The van der Waals surface area contributed by atoms with Crippen LogP contribution in [0.15, 0.2) is 15.1 Å². The summed E-state index contributed by atoms with van der Waals surface area (Å²) in [7, 11) is 0. The van der Waals surface area contributed by atoms with Gasteiger partial charge in [0, 0.05) is 18.5 Å². The number of aryl methyl sites for hydroxylation is 1. The zero-order valence-corrected chi connectivity index (χ0v) is 11.8. The molecule has 1 saturated carbocycles. The maximum atomic E-state index is 12.5. The van der Waals surface area contributed by atoms with Crippen molar-refractivity contribution in [1.82, 2.24) is 20.2 Å². The fraction of sp³-hybridized carbons (Fsp3) is 0.571. The van der Waals surface area contributed by atoms with Gasteiger partial charge in [0.15, 0.2) is 5.82 Å². The first-order chi connectivity index (χ1) is 10.2. The van der Waals surface area contributed by atoms with E-state index < -0.39 is 0 Å². The number of carbonyl (C=O) groups is 1. The zero-order chi connectivity index (χ0) is 14.4. The molecule has 1 atom stereocenters. The van der Waals surface area contributed by atoms with Crippen molar-refractivity contribution in [2.45, 2.75) is 44.6 Å². The normalized spacial score (nSPS) is 22.0. The summed E-state index contributed by atoms with van der Waals surface area (Å²) in [5, 5.41) is 7.83. The lowest BCUT2D eigenvalue weighted by molar-refractivity contribution is 0.0686. The SMILES string of the molecule is Cc1cc(C(=O)N2CCCC2c2noc(C3CC3)n2)on1. The van der Waals surface area contributed by atoms with Crippen molar-refractivity contribution in [3.63, 3.8) is 0 Å². The van der Waals surface area contributed by atoms with E-state index in [1.54, 1.807) is 17.9 Å². The predicted molar refractivity (Wildman–Crippen MR) is 70.5 cm³/mol. The van der Waals surface area contributed by atoms with Crippen molar-refractivity contribution in [2.24, 2.45) is 0 Å². The molecule has 2 aromatic rings. The highest BCUT2D eigenvalue weighted by Gasteiger charge is 2.37. The minimum atomic E-state index is -0.157. The highest BCUT2D eigenvalue weighted by molar-refractivity contribution is 5.91. The van der Waals surface area contributed by atoms with Gasteiger partial charge in [-0.05, 0) is 32.6 Å². The Labute approximate surface area is 121 Å². The van der Waals surface area contributed by atoms with Crippen LogP contribution in [0.25, 0.3) is 0 Å². The van der Waals surface area contributed by atoms with Gasteiger partial charge in [-0.1, -0.05) is 10.3 Å². The summed E-state index contributed by atoms with van der Waals surface area (Å²) in [6.45, 7) is 2.47. The zero-order valence-electron chi connectivity index (χ0n) is 11.8. The molecule has 7 heteroatoms. The lowest BCUT2D eigenvalue weighted by Gasteiger charge is -2.20. The van der Waals surface area contributed by atoms with Crippen molar-refractivity contribution in [1.29, 1.82) is 0 Å². The van der Waals surface area contributed by atoms with E-state index in [0.29, 0.717) is 29.9 Å². The lowest BCUT2D eigenvalue weighted by Crippen LogP contribution is -2.30. The first-order valence-electron chi connectivity index (χ1n) is 7.30. The predicted octanol–water partition coefficient (Wildman–Crippen LogP) is 2.22. The summed E-state index contributed by atoms with van der Waals surface area (Å²) in [5.41, 5.74) is 0.699. The Morgan fingerprint density at radius 1 is 1.29 bits per heavy atom. The van der Waals surface area contributed by atoms with Crippen LogP contribution in [-0.4, -0.2) is 32.6 Å². The third-order valence-electron chi connectivity index (χ3n) is 4.03. The maximum Gasteiger partial charge on any atom is 0.293 e. The van der Waals surface area contributed by atoms with Gasteiger partial charge in [0.05, 0.1) is 11.7 Å². The van der Waals surface area contributed by atoms with Crippen LogP contribution in [0, 0.1) is 6.92 Å². The summed E-state index contributed by atoms with van der Waals surface area (Å²) in [4.78, 5) is 18.7. The third kappa shape index (κ3) is 2.22. The molecule has 4 rings (SSSR count). The van der Waals surface area contributed by atoms with E-state index in [0.717, 1.165) is 25.7 Å². The summed E-state index contributed by atoms with van der Waals surface area (Å²) < 4.78 is 10.4. The van der Waals surface area contributed by atoms with Crippen molar-refractivity contribution >= 4 is 5.91 Å². The molecule has 1 amide bonds. The standard InChI is InChI=1S/C14H16N4O3/c1-8-7-11(20-16-8)14(19)18-6-2-3-10(18)12-15-13(21-17-12)9-4-5-9/h7,9-10H,2-6H2,1H3. The first kappa shape index (κ1) is 12.6. The molecule has 1 saturated heterocycles. The number of amides is 1. The van der Waals surface area contributed by atoms with Crippen LogP contribution < -0.4 is 0 Å². The van der Waals surface area contributed by atoms with Crippen LogP contribution in [0.5, 0.6) is 0 Å². The second kappa shape index (κ2) is 4.68. The molecule has 2 aromatic heterocycles. The van der Waals surface area contributed by atoms with Crippen LogP contribution in [0.3, 0.4) is 0 Å². The van der Waals surface area contributed by atoms with E-state index in [2.05, 4.69) is 15.3 Å². The van der Waals surface area contributed by atoms with E-state index >= 15 is 0 Å². The van der Waals surface area contributed by atoms with E-state index in [9.17, 15) is 4.79 Å². The number of carbonyl (C=O) groups excluding carboxylic acids is 1. The number of hydrogen-bond acceptors (Lipinski definition) is 6. The minimum Gasteiger partial charge on any atom is -0.351 e. The molecular weight excluding hydrogens is 272 g/mol. The Hall–Kier alpha value is -2.18. The average molecular weight is 288 g/mol. The Kier molecular flexibility index (Phi) is 2.80. The van der Waals surface area contributed by atoms with Gasteiger partial charge in [0.2, 0.25) is 11.7 Å². The topological polar surface area (TPSA) is 85.3 Å². The monoisotopic (exact) mass is 288 g/mol. The summed E-state index contributed by atoms with van der Waals surface area (Å²) >= 11 is 0. The molecule has 21 heavy (non-hydrogen) atoms. The third-order valence-corrected chi connectivity index (χ3v) is 4.03. The van der Waals surface area contributed by atoms with Gasteiger partial charge in [-0.25, -0.2) is 0 Å². The average Bonchev–Trinajstić information content (AvgIpc) is 2.94. The second-order valence-corrected chi connectivity index (χ2v) is 5.75. The van der Waals surface area contributed by atoms with E-state index in [1.165, 1.54) is 0 Å². The number of aromatic nitrogens is 3. The molecule has 7 nitrogen and oxygen atoms in total. The molecule has 1 unspecified atom stereocenters. The molecule has 0 aromatic carbocycles. The minimum absolute atomic E-state index is 0.126. The Balaban J connectivity index is 1.57. The molecule has 2 fully saturated rings. The highest BCUT2D eigenvalue weighted by atomic mass is 16.5. The molecule has 0 radical (unpaired) electrons. The number of hydrogen-bond donors (Lipinski definition) is 0. The number of nitrogens with zero attached hydrogens (tertiary/aromatic N) is 4. The van der Waals surface area contributed by atoms with Crippen molar-refractivity contribution in [2.75, 3.05) is 6.54 Å². The molecule has 2 aliphatic rings. The van der Waals surface area contributed by atoms with Crippen LogP contribution in [-0.2, 0) is 0 Å². The van der Waals surface area contributed by atoms with Crippen molar-refractivity contribution < 1.29 is 13.8 Å². The molecule has 0 spiro atoms. The molecule has 0 bridgehead atoms. The molecule has 0 N–H and O–H groups in total. The molecule has 1 aliphatic heterocycles. The van der Waals surface area contributed by atoms with Crippen molar-refractivity contribution in [3.8, 4) is 0 Å². The quantitative estimate of drug-likeness (QED) is 0.860. The van der Waals surface area contributed by atoms with E-state index in [4.69, 9.17) is 9.05 Å². The van der Waals surface area contributed by atoms with E-state index in [-0.39, 0.29) is 17.7 Å². The van der Waals surface area contributed by atoms with Gasteiger partial charge in [-0.15, -0.1) is 0 Å². The fourth-order valence-corrected chi connectivity index (χ4v) is 2.76. The number of rotatable bonds is 3. The largest absolute Gasteiger partial charge is 0.351 e. The fourth-order valence-electron chi connectivity index (χ4n) is 2.76. The summed E-state index contributed by atoms with van der Waals surface area (Å²) in [5.74, 6) is 1.86. The van der Waals surface area contributed by atoms with Gasteiger partial charge >= 0.3 is 0 Å². The number of likely N-dealkylation sites (tertiary alicyclic amines) is 1.